The van der Waals surface area contributed by atoms with Crippen LogP contribution in [0.5, 0.6) is 0 Å². The van der Waals surface area contributed by atoms with Crippen LogP contribution in [0.1, 0.15) is 47.0 Å². The van der Waals surface area contributed by atoms with Crippen molar-refractivity contribution in [1.29, 1.82) is 0 Å². The number of nitrogens with two attached hydrogens (primary N) is 1. The van der Waals surface area contributed by atoms with E-state index >= 15 is 0 Å². The highest BCUT2D eigenvalue weighted by Crippen LogP contribution is 2.12. The summed E-state index contributed by atoms with van der Waals surface area (Å²) < 4.78 is 0. The van der Waals surface area contributed by atoms with Gasteiger partial charge in [0.15, 0.2) is 0 Å². The highest BCUT2D eigenvalue weighted by molar-refractivity contribution is 4.73. The quantitative estimate of drug-likeness (QED) is 0.669. The zero-order chi connectivity index (χ0) is 10.4. The van der Waals surface area contributed by atoms with Gasteiger partial charge in [-0.05, 0) is 31.1 Å². The molecule has 0 aliphatic carbocycles. The van der Waals surface area contributed by atoms with Gasteiger partial charge >= 0.3 is 0 Å². The SMILES string of the molecule is CC(C)CCC(N)C(O)CC(C)C. The Kier molecular flexibility index (Phi) is 6.35. The Hall–Kier alpha value is -0.0800. The normalized spacial score (nSPS) is 16.6. The summed E-state index contributed by atoms with van der Waals surface area (Å²) in [5.74, 6) is 1.21. The average molecular weight is 187 g/mol. The van der Waals surface area contributed by atoms with E-state index in [1.165, 1.54) is 0 Å². The molecule has 2 unspecified atom stereocenters. The van der Waals surface area contributed by atoms with Crippen LogP contribution in [0.2, 0.25) is 0 Å². The summed E-state index contributed by atoms with van der Waals surface area (Å²) in [5, 5.41) is 9.68. The van der Waals surface area contributed by atoms with E-state index < -0.39 is 0 Å². The smallest absolute Gasteiger partial charge is 0.0693 e. The standard InChI is InChI=1S/C11H25NO/c1-8(2)5-6-10(12)11(13)7-9(3)4/h8-11,13H,5-7,12H2,1-4H3. The third-order valence-electron chi connectivity index (χ3n) is 2.28. The number of hydrogen-bond acceptors (Lipinski definition) is 2. The molecule has 0 aromatic rings. The second-order valence-electron chi connectivity index (χ2n) is 4.83. The molecule has 2 atom stereocenters. The molecule has 0 radical (unpaired) electrons. The molecule has 2 heteroatoms. The van der Waals surface area contributed by atoms with E-state index in [0.717, 1.165) is 19.3 Å². The largest absolute Gasteiger partial charge is 0.392 e. The molecule has 3 N–H and O–H groups in total. The molecular formula is C11H25NO. The fraction of sp³-hybridized carbons (Fsp3) is 1.00. The first kappa shape index (κ1) is 12.9. The fourth-order valence-corrected chi connectivity index (χ4v) is 1.38. The lowest BCUT2D eigenvalue weighted by molar-refractivity contribution is 0.115. The minimum absolute atomic E-state index is 0.0372. The van der Waals surface area contributed by atoms with Gasteiger partial charge in [-0.15, -0.1) is 0 Å². The van der Waals surface area contributed by atoms with Gasteiger partial charge in [-0.2, -0.15) is 0 Å². The molecular weight excluding hydrogens is 162 g/mol. The molecule has 0 amide bonds. The Balaban J connectivity index is 3.62. The predicted octanol–water partition coefficient (Wildman–Crippen LogP) is 2.16. The lowest BCUT2D eigenvalue weighted by atomic mass is 9.95. The van der Waals surface area contributed by atoms with Crippen molar-refractivity contribution >= 4 is 0 Å². The zero-order valence-electron chi connectivity index (χ0n) is 9.46. The van der Waals surface area contributed by atoms with Crippen LogP contribution in [0, 0.1) is 11.8 Å². The molecule has 0 heterocycles. The Morgan fingerprint density at radius 2 is 1.54 bits per heavy atom. The topological polar surface area (TPSA) is 46.2 Å². The summed E-state index contributed by atoms with van der Waals surface area (Å²) in [7, 11) is 0. The third kappa shape index (κ3) is 7.03. The molecule has 0 rings (SSSR count). The maximum atomic E-state index is 9.68. The van der Waals surface area contributed by atoms with E-state index in [1.54, 1.807) is 0 Å². The number of hydrogen-bond donors (Lipinski definition) is 2. The monoisotopic (exact) mass is 187 g/mol. The van der Waals surface area contributed by atoms with Crippen LogP contribution in [0.15, 0.2) is 0 Å². The summed E-state index contributed by atoms with van der Waals surface area (Å²) in [6, 6.07) is -0.0372. The van der Waals surface area contributed by atoms with Crippen molar-refractivity contribution in [2.45, 2.75) is 59.1 Å². The van der Waals surface area contributed by atoms with Gasteiger partial charge in [-0.25, -0.2) is 0 Å². The minimum Gasteiger partial charge on any atom is -0.392 e. The van der Waals surface area contributed by atoms with Crippen molar-refractivity contribution in [2.24, 2.45) is 17.6 Å². The van der Waals surface area contributed by atoms with E-state index in [2.05, 4.69) is 27.7 Å². The Labute approximate surface area is 82.5 Å². The zero-order valence-corrected chi connectivity index (χ0v) is 9.46. The Morgan fingerprint density at radius 3 is 1.92 bits per heavy atom. The summed E-state index contributed by atoms with van der Waals surface area (Å²) in [6.45, 7) is 8.58. The predicted molar refractivity (Wildman–Crippen MR) is 57.5 cm³/mol. The van der Waals surface area contributed by atoms with Gasteiger partial charge in [0.2, 0.25) is 0 Å². The van der Waals surface area contributed by atoms with E-state index in [9.17, 15) is 5.11 Å². The highest BCUT2D eigenvalue weighted by Gasteiger charge is 2.15. The van der Waals surface area contributed by atoms with Gasteiger partial charge in [0.05, 0.1) is 6.10 Å². The van der Waals surface area contributed by atoms with Crippen molar-refractivity contribution < 1.29 is 5.11 Å². The maximum Gasteiger partial charge on any atom is 0.0693 e. The molecule has 0 aliphatic rings. The molecule has 2 nitrogen and oxygen atoms in total. The maximum absolute atomic E-state index is 9.68. The molecule has 0 spiro atoms. The Bertz CT molecular complexity index is 123. The molecule has 0 aromatic heterocycles. The first-order valence-electron chi connectivity index (χ1n) is 5.37. The molecule has 0 aliphatic heterocycles. The van der Waals surface area contributed by atoms with Crippen molar-refractivity contribution in [3.8, 4) is 0 Å². The van der Waals surface area contributed by atoms with Crippen LogP contribution in [0.3, 0.4) is 0 Å². The molecule has 80 valence electrons. The molecule has 0 aromatic carbocycles. The van der Waals surface area contributed by atoms with Crippen molar-refractivity contribution in [1.82, 2.24) is 0 Å². The third-order valence-corrected chi connectivity index (χ3v) is 2.28. The van der Waals surface area contributed by atoms with Crippen molar-refractivity contribution in [3.05, 3.63) is 0 Å². The first-order chi connectivity index (χ1) is 5.93. The number of rotatable bonds is 6. The van der Waals surface area contributed by atoms with Gasteiger partial charge in [0, 0.05) is 6.04 Å². The molecule has 13 heavy (non-hydrogen) atoms. The van der Waals surface area contributed by atoms with Crippen molar-refractivity contribution in [3.63, 3.8) is 0 Å². The lowest BCUT2D eigenvalue weighted by Crippen LogP contribution is -2.35. The van der Waals surface area contributed by atoms with Crippen LogP contribution in [-0.4, -0.2) is 17.3 Å². The summed E-state index contributed by atoms with van der Waals surface area (Å²) in [4.78, 5) is 0. The number of aliphatic hydroxyl groups excluding tert-OH is 1. The van der Waals surface area contributed by atoms with Gasteiger partial charge in [-0.1, -0.05) is 27.7 Å². The van der Waals surface area contributed by atoms with Crippen LogP contribution in [-0.2, 0) is 0 Å². The second-order valence-corrected chi connectivity index (χ2v) is 4.83. The Morgan fingerprint density at radius 1 is 1.00 bits per heavy atom. The van der Waals surface area contributed by atoms with Gasteiger partial charge in [0.1, 0.15) is 0 Å². The van der Waals surface area contributed by atoms with E-state index in [0.29, 0.717) is 11.8 Å². The summed E-state index contributed by atoms with van der Waals surface area (Å²) in [6.07, 6.45) is 2.54. The van der Waals surface area contributed by atoms with Crippen LogP contribution < -0.4 is 5.73 Å². The average Bonchev–Trinajstić information content (AvgIpc) is 1.98. The van der Waals surface area contributed by atoms with Crippen LogP contribution in [0.4, 0.5) is 0 Å². The molecule has 0 saturated carbocycles. The van der Waals surface area contributed by atoms with E-state index in [-0.39, 0.29) is 12.1 Å². The van der Waals surface area contributed by atoms with Crippen LogP contribution in [0.25, 0.3) is 0 Å². The highest BCUT2D eigenvalue weighted by atomic mass is 16.3. The van der Waals surface area contributed by atoms with Gasteiger partial charge in [-0.3, -0.25) is 0 Å². The molecule has 0 saturated heterocycles. The van der Waals surface area contributed by atoms with Crippen LogP contribution >= 0.6 is 0 Å². The molecule has 0 fully saturated rings. The van der Waals surface area contributed by atoms with Gasteiger partial charge in [0.25, 0.3) is 0 Å². The van der Waals surface area contributed by atoms with E-state index in [4.69, 9.17) is 5.73 Å². The summed E-state index contributed by atoms with van der Waals surface area (Å²) >= 11 is 0. The summed E-state index contributed by atoms with van der Waals surface area (Å²) in [5.41, 5.74) is 5.86. The fourth-order valence-electron chi connectivity index (χ4n) is 1.38. The number of aliphatic hydroxyl groups is 1. The first-order valence-corrected chi connectivity index (χ1v) is 5.37. The molecule has 0 bridgehead atoms. The second kappa shape index (κ2) is 6.39. The van der Waals surface area contributed by atoms with E-state index in [1.807, 2.05) is 0 Å². The lowest BCUT2D eigenvalue weighted by Gasteiger charge is -2.21. The minimum atomic E-state index is -0.321. The van der Waals surface area contributed by atoms with Crippen molar-refractivity contribution in [2.75, 3.05) is 0 Å². The van der Waals surface area contributed by atoms with Gasteiger partial charge < -0.3 is 10.8 Å².